The molecule has 0 radical (unpaired) electrons. The molecule has 0 saturated carbocycles. The number of rotatable bonds is 3. The van der Waals surface area contributed by atoms with Crippen LogP contribution in [-0.2, 0) is 0 Å². The Morgan fingerprint density at radius 2 is 1.67 bits per heavy atom. The molecule has 1 heterocycles. The third-order valence-electron chi connectivity index (χ3n) is 3.45. The lowest BCUT2D eigenvalue weighted by atomic mass is 9.98. The van der Waals surface area contributed by atoms with Gasteiger partial charge in [-0.05, 0) is 36.4 Å². The van der Waals surface area contributed by atoms with Gasteiger partial charge in [0.15, 0.2) is 0 Å². The number of imidazole rings is 1. The van der Waals surface area contributed by atoms with Crippen molar-refractivity contribution in [3.63, 3.8) is 0 Å². The normalized spacial score (nSPS) is 12.7. The van der Waals surface area contributed by atoms with Crippen molar-refractivity contribution >= 4 is 42.9 Å². The lowest BCUT2D eigenvalue weighted by Crippen LogP contribution is -2.18. The fraction of sp³-hybridized carbons (Fsp3) is 0.133. The SMILES string of the molecule is CNC(c1ccccc1Br)c1cc2[nH]c(=O)[nH]c2cc1Br. The Bertz CT molecular complexity index is 853. The topological polar surface area (TPSA) is 60.7 Å². The minimum atomic E-state index is -0.198. The van der Waals surface area contributed by atoms with Crippen LogP contribution in [0.25, 0.3) is 11.0 Å². The molecule has 1 aromatic heterocycles. The van der Waals surface area contributed by atoms with Gasteiger partial charge in [-0.3, -0.25) is 0 Å². The van der Waals surface area contributed by atoms with Gasteiger partial charge < -0.3 is 15.3 Å². The zero-order chi connectivity index (χ0) is 15.0. The van der Waals surface area contributed by atoms with Gasteiger partial charge in [0.05, 0.1) is 17.1 Å². The van der Waals surface area contributed by atoms with Crippen LogP contribution in [-0.4, -0.2) is 17.0 Å². The Labute approximate surface area is 138 Å². The van der Waals surface area contributed by atoms with E-state index in [0.717, 1.165) is 31.1 Å². The van der Waals surface area contributed by atoms with Crippen molar-refractivity contribution in [2.24, 2.45) is 0 Å². The van der Waals surface area contributed by atoms with E-state index in [4.69, 9.17) is 0 Å². The molecule has 0 aliphatic heterocycles. The maximum absolute atomic E-state index is 11.4. The molecule has 3 N–H and O–H groups in total. The van der Waals surface area contributed by atoms with Crippen LogP contribution in [0.1, 0.15) is 17.2 Å². The van der Waals surface area contributed by atoms with Crippen LogP contribution in [0, 0.1) is 0 Å². The largest absolute Gasteiger partial charge is 0.323 e. The molecule has 0 fully saturated rings. The molecule has 0 aliphatic carbocycles. The van der Waals surface area contributed by atoms with E-state index >= 15 is 0 Å². The minimum absolute atomic E-state index is 0.0118. The highest BCUT2D eigenvalue weighted by Crippen LogP contribution is 2.34. The molecule has 3 rings (SSSR count). The molecule has 21 heavy (non-hydrogen) atoms. The van der Waals surface area contributed by atoms with Gasteiger partial charge in [0, 0.05) is 8.95 Å². The van der Waals surface area contributed by atoms with Gasteiger partial charge in [0.2, 0.25) is 0 Å². The number of hydrogen-bond acceptors (Lipinski definition) is 2. The number of aromatic amines is 2. The highest BCUT2D eigenvalue weighted by atomic mass is 79.9. The molecule has 0 bridgehead atoms. The molecular formula is C15H13Br2N3O. The van der Waals surface area contributed by atoms with E-state index in [1.807, 2.05) is 37.4 Å². The quantitative estimate of drug-likeness (QED) is 0.616. The summed E-state index contributed by atoms with van der Waals surface area (Å²) in [5, 5.41) is 3.33. The number of hydrogen-bond donors (Lipinski definition) is 3. The van der Waals surface area contributed by atoms with Crippen molar-refractivity contribution in [2.45, 2.75) is 6.04 Å². The van der Waals surface area contributed by atoms with Crippen molar-refractivity contribution in [1.82, 2.24) is 15.3 Å². The maximum atomic E-state index is 11.4. The predicted octanol–water partition coefficient (Wildman–Crippen LogP) is 3.69. The highest BCUT2D eigenvalue weighted by molar-refractivity contribution is 9.10. The number of nitrogens with one attached hydrogen (secondary N) is 3. The Balaban J connectivity index is 2.19. The van der Waals surface area contributed by atoms with Crippen molar-refractivity contribution in [3.8, 4) is 0 Å². The molecule has 0 spiro atoms. The van der Waals surface area contributed by atoms with Crippen LogP contribution in [0.15, 0.2) is 50.1 Å². The number of H-pyrrole nitrogens is 2. The van der Waals surface area contributed by atoms with Crippen LogP contribution < -0.4 is 11.0 Å². The summed E-state index contributed by atoms with van der Waals surface area (Å²) in [6, 6.07) is 12.0. The van der Waals surface area contributed by atoms with E-state index in [-0.39, 0.29) is 11.7 Å². The van der Waals surface area contributed by atoms with Crippen LogP contribution in [0.4, 0.5) is 0 Å². The number of aromatic nitrogens is 2. The zero-order valence-corrected chi connectivity index (χ0v) is 14.4. The Morgan fingerprint density at radius 1 is 1.00 bits per heavy atom. The number of fused-ring (bicyclic) bond motifs is 1. The standard InChI is InChI=1S/C15H13Br2N3O/c1-18-14(8-4-2-3-5-10(8)16)9-6-12-13(7-11(9)17)20-15(21)19-12/h2-7,14,18H,1H3,(H2,19,20,21). The maximum Gasteiger partial charge on any atom is 0.323 e. The van der Waals surface area contributed by atoms with Gasteiger partial charge in [-0.15, -0.1) is 0 Å². The van der Waals surface area contributed by atoms with Gasteiger partial charge in [0.25, 0.3) is 0 Å². The van der Waals surface area contributed by atoms with Gasteiger partial charge in [-0.2, -0.15) is 0 Å². The molecule has 0 amide bonds. The van der Waals surface area contributed by atoms with Crippen molar-refractivity contribution < 1.29 is 0 Å². The fourth-order valence-corrected chi connectivity index (χ4v) is 3.57. The van der Waals surface area contributed by atoms with Crippen molar-refractivity contribution in [2.75, 3.05) is 7.05 Å². The average Bonchev–Trinajstić information content (AvgIpc) is 2.81. The smallest absolute Gasteiger partial charge is 0.309 e. The van der Waals surface area contributed by atoms with Gasteiger partial charge >= 0.3 is 5.69 Å². The molecule has 0 saturated heterocycles. The van der Waals surface area contributed by atoms with Crippen LogP contribution in [0.5, 0.6) is 0 Å². The summed E-state index contributed by atoms with van der Waals surface area (Å²) in [7, 11) is 1.92. The first-order valence-corrected chi connectivity index (χ1v) is 8.02. The first kappa shape index (κ1) is 14.6. The number of benzene rings is 2. The van der Waals surface area contributed by atoms with E-state index in [2.05, 4.69) is 53.2 Å². The Hall–Kier alpha value is -1.37. The second kappa shape index (κ2) is 5.79. The van der Waals surface area contributed by atoms with Gasteiger partial charge in [-0.25, -0.2) is 4.79 Å². The van der Waals surface area contributed by atoms with E-state index < -0.39 is 0 Å². The fourth-order valence-electron chi connectivity index (χ4n) is 2.48. The molecule has 3 aromatic rings. The predicted molar refractivity (Wildman–Crippen MR) is 91.7 cm³/mol. The summed E-state index contributed by atoms with van der Waals surface area (Å²) in [6.45, 7) is 0. The lowest BCUT2D eigenvalue weighted by molar-refractivity contribution is 0.687. The average molecular weight is 411 g/mol. The Morgan fingerprint density at radius 3 is 2.33 bits per heavy atom. The lowest BCUT2D eigenvalue weighted by Gasteiger charge is -2.20. The molecule has 1 atom stereocenters. The number of halogens is 2. The summed E-state index contributed by atoms with van der Waals surface area (Å²) >= 11 is 7.19. The molecule has 1 unspecified atom stereocenters. The van der Waals surface area contributed by atoms with E-state index in [0.29, 0.717) is 0 Å². The summed E-state index contributed by atoms with van der Waals surface area (Å²) in [5.74, 6) is 0. The third-order valence-corrected chi connectivity index (χ3v) is 4.86. The first-order valence-electron chi connectivity index (χ1n) is 6.43. The van der Waals surface area contributed by atoms with Crippen LogP contribution >= 0.6 is 31.9 Å². The van der Waals surface area contributed by atoms with Gasteiger partial charge in [0.1, 0.15) is 0 Å². The molecular weight excluding hydrogens is 398 g/mol. The monoisotopic (exact) mass is 409 g/mol. The summed E-state index contributed by atoms with van der Waals surface area (Å²) in [5.41, 5.74) is 3.59. The first-order chi connectivity index (χ1) is 10.1. The third kappa shape index (κ3) is 2.71. The van der Waals surface area contributed by atoms with E-state index in [9.17, 15) is 4.79 Å². The second-order valence-electron chi connectivity index (χ2n) is 4.74. The molecule has 108 valence electrons. The summed E-state index contributed by atoms with van der Waals surface area (Å²) in [4.78, 5) is 17.0. The second-order valence-corrected chi connectivity index (χ2v) is 6.45. The van der Waals surface area contributed by atoms with E-state index in [1.54, 1.807) is 0 Å². The van der Waals surface area contributed by atoms with Crippen molar-refractivity contribution in [3.05, 3.63) is 67.0 Å². The van der Waals surface area contributed by atoms with Crippen LogP contribution in [0.2, 0.25) is 0 Å². The zero-order valence-electron chi connectivity index (χ0n) is 11.2. The van der Waals surface area contributed by atoms with Gasteiger partial charge in [-0.1, -0.05) is 50.1 Å². The van der Waals surface area contributed by atoms with Crippen LogP contribution in [0.3, 0.4) is 0 Å². The van der Waals surface area contributed by atoms with Crippen molar-refractivity contribution in [1.29, 1.82) is 0 Å². The summed E-state index contributed by atoms with van der Waals surface area (Å²) < 4.78 is 1.99. The molecule has 6 heteroatoms. The molecule has 0 aliphatic rings. The highest BCUT2D eigenvalue weighted by Gasteiger charge is 2.18. The Kier molecular flexibility index (Phi) is 4.01. The molecule has 2 aromatic carbocycles. The summed E-state index contributed by atoms with van der Waals surface area (Å²) in [6.07, 6.45) is 0. The minimum Gasteiger partial charge on any atom is -0.309 e. The van der Waals surface area contributed by atoms with E-state index in [1.165, 1.54) is 0 Å². The molecule has 4 nitrogen and oxygen atoms in total.